The van der Waals surface area contributed by atoms with Gasteiger partial charge >= 0.3 is 0 Å². The molecule has 0 aliphatic carbocycles. The molecule has 3 aromatic carbocycles. The molecule has 132 valence electrons. The van der Waals surface area contributed by atoms with Crippen molar-refractivity contribution >= 4 is 0 Å². The second-order valence-corrected chi connectivity index (χ2v) is 7.62. The predicted octanol–water partition coefficient (Wildman–Crippen LogP) is 5.51. The molecule has 3 aromatic rings. The van der Waals surface area contributed by atoms with Crippen LogP contribution in [0.1, 0.15) is 30.5 Å². The second-order valence-electron chi connectivity index (χ2n) is 7.62. The number of hydrogen-bond donors (Lipinski definition) is 0. The van der Waals surface area contributed by atoms with Crippen molar-refractivity contribution in [3.63, 3.8) is 0 Å². The molecule has 0 spiro atoms. The molecule has 0 bridgehead atoms. The molecule has 0 N–H and O–H groups in total. The number of rotatable bonds is 4. The van der Waals surface area contributed by atoms with Crippen LogP contribution in [0.15, 0.2) is 91.0 Å². The lowest BCUT2D eigenvalue weighted by Crippen LogP contribution is -2.36. The van der Waals surface area contributed by atoms with Crippen molar-refractivity contribution in [3.05, 3.63) is 108 Å². The summed E-state index contributed by atoms with van der Waals surface area (Å²) in [6, 6.07) is 33.6. The maximum Gasteiger partial charge on any atom is 0.0370 e. The fourth-order valence-corrected chi connectivity index (χ4v) is 4.70. The van der Waals surface area contributed by atoms with Crippen molar-refractivity contribution in [3.8, 4) is 0 Å². The van der Waals surface area contributed by atoms with Crippen LogP contribution in [0.2, 0.25) is 0 Å². The summed E-state index contributed by atoms with van der Waals surface area (Å²) in [7, 11) is 0. The monoisotopic (exact) mass is 341 g/mol. The maximum atomic E-state index is 2.65. The molecule has 1 aliphatic rings. The van der Waals surface area contributed by atoms with E-state index >= 15 is 0 Å². The van der Waals surface area contributed by atoms with E-state index in [1.807, 2.05) is 0 Å². The van der Waals surface area contributed by atoms with Crippen LogP contribution in [0.5, 0.6) is 0 Å². The molecule has 2 atom stereocenters. The Morgan fingerprint density at radius 2 is 1.19 bits per heavy atom. The van der Waals surface area contributed by atoms with Crippen molar-refractivity contribution in [2.24, 2.45) is 5.92 Å². The van der Waals surface area contributed by atoms with Crippen LogP contribution in [0.4, 0.5) is 0 Å². The molecule has 1 fully saturated rings. The Kier molecular flexibility index (Phi) is 4.65. The minimum absolute atomic E-state index is 0.0384. The first-order chi connectivity index (χ1) is 12.7. The van der Waals surface area contributed by atoms with E-state index in [2.05, 4.69) is 110 Å². The molecular weight excluding hydrogens is 314 g/mol. The normalized spacial score (nSPS) is 22.4. The first-order valence-corrected chi connectivity index (χ1v) is 9.61. The van der Waals surface area contributed by atoms with Crippen molar-refractivity contribution in [2.45, 2.75) is 31.8 Å². The van der Waals surface area contributed by atoms with Gasteiger partial charge in [-0.15, -0.1) is 0 Å². The van der Waals surface area contributed by atoms with Crippen molar-refractivity contribution < 1.29 is 0 Å². The highest BCUT2D eigenvalue weighted by atomic mass is 15.2. The molecule has 0 unspecified atom stereocenters. The molecule has 1 heterocycles. The molecule has 1 aliphatic heterocycles. The zero-order chi connectivity index (χ0) is 18.0. The fraction of sp³-hybridized carbons (Fsp3) is 0.280. The molecule has 0 amide bonds. The van der Waals surface area contributed by atoms with Crippen LogP contribution in [-0.4, -0.2) is 17.5 Å². The highest BCUT2D eigenvalue weighted by Gasteiger charge is 2.50. The molecule has 1 saturated heterocycles. The van der Waals surface area contributed by atoms with Crippen LogP contribution in [-0.2, 0) is 12.0 Å². The van der Waals surface area contributed by atoms with E-state index in [4.69, 9.17) is 0 Å². The van der Waals surface area contributed by atoms with E-state index < -0.39 is 0 Å². The van der Waals surface area contributed by atoms with Gasteiger partial charge in [0.1, 0.15) is 0 Å². The lowest BCUT2D eigenvalue weighted by atomic mass is 9.67. The lowest BCUT2D eigenvalue weighted by molar-refractivity contribution is 0.239. The Hall–Kier alpha value is -2.38. The standard InChI is InChI=1S/C25H27N/c1-20-21(2)26(18-22-12-6-3-7-13-22)19-25(20,23-14-8-4-9-15-23)24-16-10-5-11-17-24/h3-17,20-21H,18-19H2,1-2H3/t20-,21-/m1/s1. The van der Waals surface area contributed by atoms with Crippen LogP contribution in [0.3, 0.4) is 0 Å². The van der Waals surface area contributed by atoms with Gasteiger partial charge in [-0.2, -0.15) is 0 Å². The summed E-state index contributed by atoms with van der Waals surface area (Å²) in [5.41, 5.74) is 4.29. The first kappa shape index (κ1) is 17.1. The molecule has 26 heavy (non-hydrogen) atoms. The average Bonchev–Trinajstić information content (AvgIpc) is 2.96. The second kappa shape index (κ2) is 7.09. The molecule has 1 nitrogen and oxygen atoms in total. The van der Waals surface area contributed by atoms with Gasteiger partial charge in [0, 0.05) is 24.5 Å². The quantitative estimate of drug-likeness (QED) is 0.604. The van der Waals surface area contributed by atoms with Gasteiger partial charge in [0.2, 0.25) is 0 Å². The van der Waals surface area contributed by atoms with Crippen molar-refractivity contribution in [1.82, 2.24) is 4.90 Å². The molecular formula is C25H27N. The van der Waals surface area contributed by atoms with Crippen LogP contribution in [0.25, 0.3) is 0 Å². The van der Waals surface area contributed by atoms with Crippen molar-refractivity contribution in [2.75, 3.05) is 6.54 Å². The summed E-state index contributed by atoms with van der Waals surface area (Å²) >= 11 is 0. The van der Waals surface area contributed by atoms with Gasteiger partial charge in [-0.1, -0.05) is 97.9 Å². The van der Waals surface area contributed by atoms with Crippen molar-refractivity contribution in [1.29, 1.82) is 0 Å². The van der Waals surface area contributed by atoms with E-state index in [-0.39, 0.29) is 5.41 Å². The van der Waals surface area contributed by atoms with E-state index in [0.717, 1.165) is 13.1 Å². The third-order valence-electron chi connectivity index (χ3n) is 6.34. The van der Waals surface area contributed by atoms with Crippen LogP contribution < -0.4 is 0 Å². The van der Waals surface area contributed by atoms with Crippen LogP contribution in [0, 0.1) is 5.92 Å². The largest absolute Gasteiger partial charge is 0.295 e. The van der Waals surface area contributed by atoms with Gasteiger partial charge in [-0.3, -0.25) is 4.90 Å². The first-order valence-electron chi connectivity index (χ1n) is 9.61. The smallest absolute Gasteiger partial charge is 0.0370 e. The summed E-state index contributed by atoms with van der Waals surface area (Å²) in [6.07, 6.45) is 0. The van der Waals surface area contributed by atoms with E-state index in [9.17, 15) is 0 Å². The fourth-order valence-electron chi connectivity index (χ4n) is 4.70. The van der Waals surface area contributed by atoms with Gasteiger partial charge in [0.25, 0.3) is 0 Å². The Bertz CT molecular complexity index is 786. The van der Waals surface area contributed by atoms with Crippen LogP contribution >= 0.6 is 0 Å². The third-order valence-corrected chi connectivity index (χ3v) is 6.34. The minimum atomic E-state index is 0.0384. The topological polar surface area (TPSA) is 3.24 Å². The molecule has 4 rings (SSSR count). The highest BCUT2D eigenvalue weighted by Crippen LogP contribution is 2.47. The highest BCUT2D eigenvalue weighted by molar-refractivity contribution is 5.43. The zero-order valence-corrected chi connectivity index (χ0v) is 15.7. The van der Waals surface area contributed by atoms with E-state index in [0.29, 0.717) is 12.0 Å². The number of hydrogen-bond acceptors (Lipinski definition) is 1. The predicted molar refractivity (Wildman–Crippen MR) is 109 cm³/mol. The maximum absolute atomic E-state index is 2.65. The van der Waals surface area contributed by atoms with Gasteiger partial charge < -0.3 is 0 Å². The summed E-state index contributed by atoms with van der Waals surface area (Å²) < 4.78 is 0. The summed E-state index contributed by atoms with van der Waals surface area (Å²) in [5, 5.41) is 0. The van der Waals surface area contributed by atoms with Gasteiger partial charge in [-0.25, -0.2) is 0 Å². The summed E-state index contributed by atoms with van der Waals surface area (Å²) in [5.74, 6) is 0.538. The Balaban J connectivity index is 1.77. The van der Waals surface area contributed by atoms with Gasteiger partial charge in [-0.05, 0) is 29.5 Å². The third kappa shape index (κ3) is 2.87. The number of likely N-dealkylation sites (tertiary alicyclic amines) is 1. The van der Waals surface area contributed by atoms with Gasteiger partial charge in [0.05, 0.1) is 0 Å². The van der Waals surface area contributed by atoms with E-state index in [1.54, 1.807) is 0 Å². The minimum Gasteiger partial charge on any atom is -0.295 e. The Morgan fingerprint density at radius 3 is 1.69 bits per heavy atom. The molecule has 0 saturated carbocycles. The number of benzene rings is 3. The summed E-state index contributed by atoms with van der Waals surface area (Å²) in [4.78, 5) is 2.65. The number of nitrogens with zero attached hydrogens (tertiary/aromatic N) is 1. The zero-order valence-electron chi connectivity index (χ0n) is 15.7. The van der Waals surface area contributed by atoms with Gasteiger partial charge in [0.15, 0.2) is 0 Å². The lowest BCUT2D eigenvalue weighted by Gasteiger charge is -2.35. The van der Waals surface area contributed by atoms with E-state index in [1.165, 1.54) is 16.7 Å². The molecule has 1 heteroatoms. The Labute approximate surface area is 157 Å². The average molecular weight is 341 g/mol. The molecule has 0 radical (unpaired) electrons. The Morgan fingerprint density at radius 1 is 0.731 bits per heavy atom. The summed E-state index contributed by atoms with van der Waals surface area (Å²) in [6.45, 7) is 6.88. The molecule has 0 aromatic heterocycles. The SMILES string of the molecule is C[C@@H]1[C@@H](C)C(c2ccccc2)(c2ccccc2)CN1Cc1ccccc1.